The van der Waals surface area contributed by atoms with Crippen LogP contribution in [0, 0.1) is 6.92 Å². The van der Waals surface area contributed by atoms with Gasteiger partial charge >= 0.3 is 0 Å². The highest BCUT2D eigenvalue weighted by Crippen LogP contribution is 2.20. The van der Waals surface area contributed by atoms with Gasteiger partial charge < -0.3 is 9.47 Å². The molecule has 100 valence electrons. The van der Waals surface area contributed by atoms with Crippen LogP contribution in [-0.2, 0) is 17.8 Å². The number of rotatable bonds is 6. The molecule has 0 aliphatic heterocycles. The van der Waals surface area contributed by atoms with E-state index < -0.39 is 0 Å². The summed E-state index contributed by atoms with van der Waals surface area (Å²) in [4.78, 5) is 0. The maximum absolute atomic E-state index is 5.85. The smallest absolute Gasteiger partial charge is 0.122 e. The molecular formula is C17H20O2. The molecule has 0 amide bonds. The molecule has 2 aromatic rings. The highest BCUT2D eigenvalue weighted by molar-refractivity contribution is 5.36. The van der Waals surface area contributed by atoms with Gasteiger partial charge in [0.2, 0.25) is 0 Å². The summed E-state index contributed by atoms with van der Waals surface area (Å²) in [5, 5.41) is 0. The van der Waals surface area contributed by atoms with Crippen LogP contribution in [0.1, 0.15) is 16.7 Å². The van der Waals surface area contributed by atoms with Crippen molar-refractivity contribution in [1.82, 2.24) is 0 Å². The lowest BCUT2D eigenvalue weighted by Gasteiger charge is -2.10. The van der Waals surface area contributed by atoms with Crippen molar-refractivity contribution in [3.05, 3.63) is 65.2 Å². The number of hydrogen-bond donors (Lipinski definition) is 0. The van der Waals surface area contributed by atoms with E-state index in [2.05, 4.69) is 31.2 Å². The molecule has 2 heteroatoms. The summed E-state index contributed by atoms with van der Waals surface area (Å²) < 4.78 is 10.9. The molecule has 19 heavy (non-hydrogen) atoms. The van der Waals surface area contributed by atoms with Crippen molar-refractivity contribution in [2.24, 2.45) is 0 Å². The molecule has 2 nitrogen and oxygen atoms in total. The number of methoxy groups -OCH3 is 1. The van der Waals surface area contributed by atoms with Gasteiger partial charge in [-0.15, -0.1) is 0 Å². The average Bonchev–Trinajstić information content (AvgIpc) is 2.45. The number of ether oxygens (including phenoxy) is 2. The van der Waals surface area contributed by atoms with Gasteiger partial charge in [-0.2, -0.15) is 0 Å². The summed E-state index contributed by atoms with van der Waals surface area (Å²) in [6.45, 7) is 3.44. The lowest BCUT2D eigenvalue weighted by Crippen LogP contribution is -1.99. The number of benzene rings is 2. The summed E-state index contributed by atoms with van der Waals surface area (Å²) in [5.41, 5.74) is 3.64. The van der Waals surface area contributed by atoms with E-state index in [1.165, 1.54) is 16.7 Å². The van der Waals surface area contributed by atoms with E-state index in [0.29, 0.717) is 6.61 Å². The third kappa shape index (κ3) is 4.11. The van der Waals surface area contributed by atoms with Crippen LogP contribution in [-0.4, -0.2) is 13.7 Å². The first-order valence-electron chi connectivity index (χ1n) is 6.55. The average molecular weight is 256 g/mol. The Hall–Kier alpha value is -1.80. The normalized spacial score (nSPS) is 10.4. The van der Waals surface area contributed by atoms with Crippen LogP contribution in [0.5, 0.6) is 5.75 Å². The molecular weight excluding hydrogens is 236 g/mol. The van der Waals surface area contributed by atoms with Gasteiger partial charge in [-0.1, -0.05) is 42.5 Å². The van der Waals surface area contributed by atoms with Crippen molar-refractivity contribution in [3.8, 4) is 5.75 Å². The summed E-state index contributed by atoms with van der Waals surface area (Å²) in [6.07, 6.45) is 0.941. The van der Waals surface area contributed by atoms with Crippen LogP contribution in [0.2, 0.25) is 0 Å². The fourth-order valence-corrected chi connectivity index (χ4v) is 1.98. The van der Waals surface area contributed by atoms with Gasteiger partial charge in [0.15, 0.2) is 0 Å². The van der Waals surface area contributed by atoms with Gasteiger partial charge in [0.05, 0.1) is 6.61 Å². The molecule has 0 aromatic heterocycles. The second-order valence-electron chi connectivity index (χ2n) is 4.62. The first kappa shape index (κ1) is 13.6. The van der Waals surface area contributed by atoms with Crippen LogP contribution < -0.4 is 4.74 Å². The van der Waals surface area contributed by atoms with E-state index in [4.69, 9.17) is 9.47 Å². The number of hydrogen-bond acceptors (Lipinski definition) is 2. The molecule has 0 fully saturated rings. The quantitative estimate of drug-likeness (QED) is 0.783. The predicted molar refractivity (Wildman–Crippen MR) is 77.5 cm³/mol. The predicted octanol–water partition coefficient (Wildman–Crippen LogP) is 3.76. The van der Waals surface area contributed by atoms with Crippen molar-refractivity contribution in [2.45, 2.75) is 20.0 Å². The zero-order valence-corrected chi connectivity index (χ0v) is 11.6. The van der Waals surface area contributed by atoms with E-state index in [9.17, 15) is 0 Å². The zero-order chi connectivity index (χ0) is 13.5. The molecule has 0 heterocycles. The van der Waals surface area contributed by atoms with Crippen molar-refractivity contribution in [3.63, 3.8) is 0 Å². The molecule has 0 bridgehead atoms. The summed E-state index contributed by atoms with van der Waals surface area (Å²) >= 11 is 0. The second-order valence-corrected chi connectivity index (χ2v) is 4.62. The summed E-state index contributed by atoms with van der Waals surface area (Å²) in [6, 6.07) is 16.5. The molecule has 2 rings (SSSR count). The molecule has 0 unspecified atom stereocenters. The van der Waals surface area contributed by atoms with Gasteiger partial charge in [-0.3, -0.25) is 0 Å². The Balaban J connectivity index is 1.97. The van der Waals surface area contributed by atoms with Crippen molar-refractivity contribution >= 4 is 0 Å². The van der Waals surface area contributed by atoms with Gasteiger partial charge in [-0.25, -0.2) is 0 Å². The molecule has 0 saturated heterocycles. The second kappa shape index (κ2) is 6.95. The van der Waals surface area contributed by atoms with Gasteiger partial charge in [0.25, 0.3) is 0 Å². The maximum atomic E-state index is 5.85. The van der Waals surface area contributed by atoms with Crippen LogP contribution in [0.3, 0.4) is 0 Å². The Kier molecular flexibility index (Phi) is 4.99. The minimum Gasteiger partial charge on any atom is -0.489 e. The van der Waals surface area contributed by atoms with Crippen molar-refractivity contribution in [1.29, 1.82) is 0 Å². The summed E-state index contributed by atoms with van der Waals surface area (Å²) in [5.74, 6) is 0.949. The van der Waals surface area contributed by atoms with Gasteiger partial charge in [0, 0.05) is 7.11 Å². The SMILES string of the molecule is COCCc1ccc(OCc2ccccc2)c(C)c1. The van der Waals surface area contributed by atoms with Crippen LogP contribution >= 0.6 is 0 Å². The zero-order valence-electron chi connectivity index (χ0n) is 11.6. The third-order valence-corrected chi connectivity index (χ3v) is 3.07. The van der Waals surface area contributed by atoms with E-state index in [1.807, 2.05) is 24.3 Å². The van der Waals surface area contributed by atoms with Crippen LogP contribution in [0.4, 0.5) is 0 Å². The molecule has 0 atom stereocenters. The standard InChI is InChI=1S/C17H20O2/c1-14-12-15(10-11-18-2)8-9-17(14)19-13-16-6-4-3-5-7-16/h3-9,12H,10-11,13H2,1-2H3. The lowest BCUT2D eigenvalue weighted by molar-refractivity contribution is 0.202. The van der Waals surface area contributed by atoms with E-state index in [1.54, 1.807) is 7.11 Å². The van der Waals surface area contributed by atoms with Crippen LogP contribution in [0.25, 0.3) is 0 Å². The van der Waals surface area contributed by atoms with Crippen LogP contribution in [0.15, 0.2) is 48.5 Å². The lowest BCUT2D eigenvalue weighted by atomic mass is 10.1. The van der Waals surface area contributed by atoms with Crippen molar-refractivity contribution < 1.29 is 9.47 Å². The Bertz CT molecular complexity index is 506. The minimum atomic E-state index is 0.610. The van der Waals surface area contributed by atoms with Gasteiger partial charge in [-0.05, 0) is 36.1 Å². The molecule has 0 aliphatic carbocycles. The monoisotopic (exact) mass is 256 g/mol. The maximum Gasteiger partial charge on any atom is 0.122 e. The molecule has 0 saturated carbocycles. The largest absolute Gasteiger partial charge is 0.489 e. The molecule has 0 spiro atoms. The Labute approximate surface area is 115 Å². The highest BCUT2D eigenvalue weighted by atomic mass is 16.5. The van der Waals surface area contributed by atoms with E-state index in [0.717, 1.165) is 18.8 Å². The highest BCUT2D eigenvalue weighted by Gasteiger charge is 2.02. The van der Waals surface area contributed by atoms with Crippen molar-refractivity contribution in [2.75, 3.05) is 13.7 Å². The summed E-state index contributed by atoms with van der Waals surface area (Å²) in [7, 11) is 1.73. The third-order valence-electron chi connectivity index (χ3n) is 3.07. The Morgan fingerprint density at radius 2 is 1.74 bits per heavy atom. The first-order chi connectivity index (χ1) is 9.29. The first-order valence-corrected chi connectivity index (χ1v) is 6.55. The number of aryl methyl sites for hydroxylation is 1. The Morgan fingerprint density at radius 1 is 0.947 bits per heavy atom. The molecule has 2 aromatic carbocycles. The topological polar surface area (TPSA) is 18.5 Å². The minimum absolute atomic E-state index is 0.610. The van der Waals surface area contributed by atoms with Gasteiger partial charge in [0.1, 0.15) is 12.4 Å². The molecule has 0 N–H and O–H groups in total. The Morgan fingerprint density at radius 3 is 2.42 bits per heavy atom. The van der Waals surface area contributed by atoms with E-state index >= 15 is 0 Å². The molecule has 0 radical (unpaired) electrons. The molecule has 0 aliphatic rings. The van der Waals surface area contributed by atoms with E-state index in [-0.39, 0.29) is 0 Å². The fourth-order valence-electron chi connectivity index (χ4n) is 1.98. The fraction of sp³-hybridized carbons (Fsp3) is 0.294.